The van der Waals surface area contributed by atoms with Crippen molar-refractivity contribution in [2.45, 2.75) is 65.5 Å². The van der Waals surface area contributed by atoms with Gasteiger partial charge in [-0.3, -0.25) is 0 Å². The van der Waals surface area contributed by atoms with E-state index in [-0.39, 0.29) is 0 Å². The van der Waals surface area contributed by atoms with E-state index < -0.39 is 0 Å². The molecule has 1 unspecified atom stereocenters. The Balaban J connectivity index is 2.14. The number of rotatable bonds is 4. The summed E-state index contributed by atoms with van der Waals surface area (Å²) in [5.74, 6) is 2.70. The topological polar surface area (TPSA) is 12.0 Å². The lowest BCUT2D eigenvalue weighted by Crippen LogP contribution is -2.39. The Morgan fingerprint density at radius 1 is 1.27 bits per heavy atom. The van der Waals surface area contributed by atoms with Gasteiger partial charge in [0.05, 0.1) is 0 Å². The molecule has 2 heteroatoms. The molecule has 1 saturated heterocycles. The van der Waals surface area contributed by atoms with Crippen LogP contribution in [0.3, 0.4) is 0 Å². The van der Waals surface area contributed by atoms with Gasteiger partial charge in [0.15, 0.2) is 0 Å². The van der Waals surface area contributed by atoms with Crippen molar-refractivity contribution in [2.24, 2.45) is 5.41 Å². The smallest absolute Gasteiger partial charge is 0.00852 e. The van der Waals surface area contributed by atoms with E-state index in [0.29, 0.717) is 11.5 Å². The van der Waals surface area contributed by atoms with Gasteiger partial charge in [-0.2, -0.15) is 11.8 Å². The summed E-state index contributed by atoms with van der Waals surface area (Å²) in [6, 6.07) is 1.48. The Morgan fingerprint density at radius 3 is 2.40 bits per heavy atom. The molecule has 1 nitrogen and oxygen atoms in total. The van der Waals surface area contributed by atoms with E-state index >= 15 is 0 Å². The largest absolute Gasteiger partial charge is 0.311 e. The van der Waals surface area contributed by atoms with Gasteiger partial charge >= 0.3 is 0 Å². The summed E-state index contributed by atoms with van der Waals surface area (Å²) in [6.45, 7) is 9.33. The first-order valence-corrected chi connectivity index (χ1v) is 7.47. The number of nitrogens with one attached hydrogen (secondary N) is 1. The molecule has 0 aromatic rings. The van der Waals surface area contributed by atoms with Crippen molar-refractivity contribution in [2.75, 3.05) is 11.5 Å². The Labute approximate surface area is 99.8 Å². The third-order valence-electron chi connectivity index (χ3n) is 3.07. The van der Waals surface area contributed by atoms with Crippen LogP contribution in [0.5, 0.6) is 0 Å². The minimum absolute atomic E-state index is 0.484. The maximum Gasteiger partial charge on any atom is 0.00852 e. The zero-order chi connectivity index (χ0) is 11.3. The molecule has 0 aliphatic carbocycles. The van der Waals surface area contributed by atoms with Gasteiger partial charge in [-0.05, 0) is 49.5 Å². The molecule has 0 radical (unpaired) electrons. The molecule has 0 amide bonds. The molecule has 0 bridgehead atoms. The van der Waals surface area contributed by atoms with Crippen LogP contribution < -0.4 is 5.32 Å². The minimum Gasteiger partial charge on any atom is -0.311 e. The van der Waals surface area contributed by atoms with Gasteiger partial charge in [-0.1, -0.05) is 20.8 Å². The summed E-state index contributed by atoms with van der Waals surface area (Å²) < 4.78 is 0. The van der Waals surface area contributed by atoms with Crippen LogP contribution in [0.4, 0.5) is 0 Å². The average Bonchev–Trinajstić information content (AvgIpc) is 2.15. The lowest BCUT2D eigenvalue weighted by atomic mass is 9.89. The zero-order valence-electron chi connectivity index (χ0n) is 10.8. The van der Waals surface area contributed by atoms with Crippen LogP contribution >= 0.6 is 11.8 Å². The van der Waals surface area contributed by atoms with E-state index in [0.717, 1.165) is 6.04 Å². The van der Waals surface area contributed by atoms with Gasteiger partial charge in [0.1, 0.15) is 0 Å². The molecule has 1 fully saturated rings. The van der Waals surface area contributed by atoms with E-state index in [1.807, 2.05) is 0 Å². The summed E-state index contributed by atoms with van der Waals surface area (Å²) in [7, 11) is 0. The van der Waals surface area contributed by atoms with Gasteiger partial charge < -0.3 is 5.32 Å². The highest BCUT2D eigenvalue weighted by molar-refractivity contribution is 7.99. The second-order valence-electron chi connectivity index (χ2n) is 6.05. The van der Waals surface area contributed by atoms with Crippen LogP contribution in [0, 0.1) is 5.41 Å². The van der Waals surface area contributed by atoms with Gasteiger partial charge in [0, 0.05) is 12.1 Å². The first-order valence-electron chi connectivity index (χ1n) is 6.31. The zero-order valence-corrected chi connectivity index (χ0v) is 11.6. The summed E-state index contributed by atoms with van der Waals surface area (Å²) >= 11 is 2.10. The predicted octanol–water partition coefficient (Wildman–Crippen LogP) is 3.69. The summed E-state index contributed by atoms with van der Waals surface area (Å²) in [6.07, 6.45) is 5.37. The van der Waals surface area contributed by atoms with Gasteiger partial charge in [-0.15, -0.1) is 0 Å². The van der Waals surface area contributed by atoms with Crippen molar-refractivity contribution < 1.29 is 0 Å². The number of hydrogen-bond acceptors (Lipinski definition) is 2. The number of thioether (sulfide) groups is 1. The Hall–Kier alpha value is 0.310. The predicted molar refractivity (Wildman–Crippen MR) is 71.6 cm³/mol. The van der Waals surface area contributed by atoms with Crippen molar-refractivity contribution in [3.63, 3.8) is 0 Å². The molecular weight excluding hydrogens is 202 g/mol. The van der Waals surface area contributed by atoms with Crippen molar-refractivity contribution in [3.8, 4) is 0 Å². The lowest BCUT2D eigenvalue weighted by molar-refractivity contribution is 0.319. The highest BCUT2D eigenvalue weighted by Gasteiger charge is 2.17. The molecule has 0 aromatic heterocycles. The lowest BCUT2D eigenvalue weighted by Gasteiger charge is -2.28. The maximum atomic E-state index is 3.78. The first kappa shape index (κ1) is 13.4. The Kier molecular flexibility index (Phi) is 5.48. The van der Waals surface area contributed by atoms with E-state index in [9.17, 15) is 0 Å². The molecule has 0 saturated carbocycles. The summed E-state index contributed by atoms with van der Waals surface area (Å²) in [5.41, 5.74) is 0.484. The molecule has 0 aromatic carbocycles. The fourth-order valence-corrected chi connectivity index (χ4v) is 3.11. The molecule has 1 N–H and O–H groups in total. The number of hydrogen-bond donors (Lipinski definition) is 1. The molecule has 90 valence electrons. The summed E-state index contributed by atoms with van der Waals surface area (Å²) in [4.78, 5) is 0. The molecule has 1 rings (SSSR count). The van der Waals surface area contributed by atoms with E-state index in [4.69, 9.17) is 0 Å². The van der Waals surface area contributed by atoms with Crippen LogP contribution in [-0.2, 0) is 0 Å². The quantitative estimate of drug-likeness (QED) is 0.789. The van der Waals surface area contributed by atoms with E-state index in [1.54, 1.807) is 0 Å². The van der Waals surface area contributed by atoms with Gasteiger partial charge in [0.2, 0.25) is 0 Å². The molecule has 15 heavy (non-hydrogen) atoms. The normalized spacial score (nSPS) is 21.6. The van der Waals surface area contributed by atoms with E-state index in [2.05, 4.69) is 44.8 Å². The minimum atomic E-state index is 0.484. The van der Waals surface area contributed by atoms with Crippen molar-refractivity contribution >= 4 is 11.8 Å². The average molecular weight is 229 g/mol. The molecule has 1 aliphatic heterocycles. The second-order valence-corrected chi connectivity index (χ2v) is 7.28. The molecular formula is C13H27NS. The highest BCUT2D eigenvalue weighted by Crippen LogP contribution is 2.22. The van der Waals surface area contributed by atoms with Crippen molar-refractivity contribution in [3.05, 3.63) is 0 Å². The Bertz CT molecular complexity index is 168. The fraction of sp³-hybridized carbons (Fsp3) is 1.00. The molecule has 0 spiro atoms. The van der Waals surface area contributed by atoms with Crippen LogP contribution in [0.1, 0.15) is 53.4 Å². The Morgan fingerprint density at radius 2 is 1.87 bits per heavy atom. The van der Waals surface area contributed by atoms with Crippen molar-refractivity contribution in [1.82, 2.24) is 5.32 Å². The first-order chi connectivity index (χ1) is 6.97. The van der Waals surface area contributed by atoms with E-state index in [1.165, 1.54) is 37.2 Å². The van der Waals surface area contributed by atoms with Crippen LogP contribution in [0.15, 0.2) is 0 Å². The van der Waals surface area contributed by atoms with Crippen LogP contribution in [0.25, 0.3) is 0 Å². The monoisotopic (exact) mass is 229 g/mol. The standard InChI is InChI=1S/C13H27NS/c1-11(5-8-13(2,3)4)14-12-6-9-15-10-7-12/h11-12,14H,5-10H2,1-4H3. The fourth-order valence-electron chi connectivity index (χ4n) is 2.00. The SMILES string of the molecule is CC(CCC(C)(C)C)NC1CCSCC1. The third kappa shape index (κ3) is 6.47. The highest BCUT2D eigenvalue weighted by atomic mass is 32.2. The van der Waals surface area contributed by atoms with Crippen molar-refractivity contribution in [1.29, 1.82) is 0 Å². The van der Waals surface area contributed by atoms with Crippen LogP contribution in [-0.4, -0.2) is 23.6 Å². The third-order valence-corrected chi connectivity index (χ3v) is 4.12. The van der Waals surface area contributed by atoms with Crippen LogP contribution in [0.2, 0.25) is 0 Å². The maximum absolute atomic E-state index is 3.78. The summed E-state index contributed by atoms with van der Waals surface area (Å²) in [5, 5.41) is 3.78. The van der Waals surface area contributed by atoms with Gasteiger partial charge in [-0.25, -0.2) is 0 Å². The van der Waals surface area contributed by atoms with Gasteiger partial charge in [0.25, 0.3) is 0 Å². The molecule has 1 heterocycles. The molecule has 1 atom stereocenters. The second kappa shape index (κ2) is 6.15. The molecule has 1 aliphatic rings.